The molecule has 2 aromatic rings. The normalized spacial score (nSPS) is 14.1. The molecule has 0 spiro atoms. The van der Waals surface area contributed by atoms with Crippen molar-refractivity contribution < 1.29 is 8.78 Å². The molecule has 0 bridgehead atoms. The average Bonchev–Trinajstić information content (AvgIpc) is 2.35. The molecule has 0 aromatic heterocycles. The third kappa shape index (κ3) is 3.87. The molecule has 1 atom stereocenters. The predicted molar refractivity (Wildman–Crippen MR) is 77.5 cm³/mol. The maximum atomic E-state index is 13.1. The van der Waals surface area contributed by atoms with Gasteiger partial charge in [0.25, 0.3) is 0 Å². The van der Waals surface area contributed by atoms with E-state index in [1.54, 1.807) is 18.2 Å². The molecule has 0 aliphatic carbocycles. The third-order valence-corrected chi connectivity index (χ3v) is 3.42. The zero-order valence-corrected chi connectivity index (χ0v) is 11.8. The topological polar surface area (TPSA) is 26.0 Å². The lowest BCUT2D eigenvalue weighted by Crippen LogP contribution is -2.41. The number of halogens is 2. The van der Waals surface area contributed by atoms with Gasteiger partial charge in [-0.05, 0) is 67.6 Å². The summed E-state index contributed by atoms with van der Waals surface area (Å²) in [6.07, 6.45) is 1.29. The molecular formula is C17H19F2N. The number of hydrogen-bond acceptors (Lipinski definition) is 1. The summed E-state index contributed by atoms with van der Waals surface area (Å²) in [7, 11) is 0. The van der Waals surface area contributed by atoms with Crippen LogP contribution in [-0.4, -0.2) is 5.54 Å². The van der Waals surface area contributed by atoms with E-state index in [-0.39, 0.29) is 11.6 Å². The monoisotopic (exact) mass is 275 g/mol. The number of rotatable bonds is 4. The van der Waals surface area contributed by atoms with E-state index in [0.717, 1.165) is 16.7 Å². The van der Waals surface area contributed by atoms with Crippen LogP contribution in [0.4, 0.5) is 8.78 Å². The maximum Gasteiger partial charge on any atom is 0.123 e. The van der Waals surface area contributed by atoms with Crippen LogP contribution in [0.15, 0.2) is 42.5 Å². The zero-order chi connectivity index (χ0) is 14.8. The van der Waals surface area contributed by atoms with Gasteiger partial charge in [0.15, 0.2) is 0 Å². The first kappa shape index (κ1) is 14.7. The lowest BCUT2D eigenvalue weighted by Gasteiger charge is -2.26. The van der Waals surface area contributed by atoms with Gasteiger partial charge in [-0.25, -0.2) is 8.78 Å². The molecule has 106 valence electrons. The van der Waals surface area contributed by atoms with Gasteiger partial charge >= 0.3 is 0 Å². The lowest BCUT2D eigenvalue weighted by atomic mass is 9.86. The van der Waals surface area contributed by atoms with E-state index in [0.29, 0.717) is 12.8 Å². The molecule has 1 unspecified atom stereocenters. The van der Waals surface area contributed by atoms with Crippen molar-refractivity contribution in [2.45, 2.75) is 32.2 Å². The predicted octanol–water partition coefficient (Wildman–Crippen LogP) is 3.78. The summed E-state index contributed by atoms with van der Waals surface area (Å²) in [5.41, 5.74) is 8.82. The van der Waals surface area contributed by atoms with Crippen LogP contribution < -0.4 is 5.73 Å². The van der Waals surface area contributed by atoms with E-state index >= 15 is 0 Å². The minimum Gasteiger partial charge on any atom is -0.325 e. The van der Waals surface area contributed by atoms with Gasteiger partial charge in [-0.3, -0.25) is 0 Å². The molecule has 2 rings (SSSR count). The van der Waals surface area contributed by atoms with Gasteiger partial charge in [0.05, 0.1) is 0 Å². The Kier molecular flexibility index (Phi) is 4.19. The first-order valence-electron chi connectivity index (χ1n) is 6.64. The first-order valence-corrected chi connectivity index (χ1v) is 6.64. The summed E-state index contributed by atoms with van der Waals surface area (Å²) in [5.74, 6) is -0.481. The summed E-state index contributed by atoms with van der Waals surface area (Å²) >= 11 is 0. The fraction of sp³-hybridized carbons (Fsp3) is 0.294. The molecule has 0 aliphatic rings. The zero-order valence-electron chi connectivity index (χ0n) is 11.8. The van der Waals surface area contributed by atoms with E-state index < -0.39 is 5.54 Å². The van der Waals surface area contributed by atoms with Crippen molar-refractivity contribution in [2.75, 3.05) is 0 Å². The highest BCUT2D eigenvalue weighted by Crippen LogP contribution is 2.20. The van der Waals surface area contributed by atoms with Crippen molar-refractivity contribution in [1.29, 1.82) is 0 Å². The van der Waals surface area contributed by atoms with Crippen LogP contribution in [0, 0.1) is 18.6 Å². The van der Waals surface area contributed by atoms with Gasteiger partial charge in [0, 0.05) is 5.54 Å². The summed E-state index contributed by atoms with van der Waals surface area (Å²) in [6, 6.07) is 11.1. The van der Waals surface area contributed by atoms with Crippen molar-refractivity contribution >= 4 is 0 Å². The van der Waals surface area contributed by atoms with Crippen molar-refractivity contribution in [1.82, 2.24) is 0 Å². The minimum absolute atomic E-state index is 0.233. The van der Waals surface area contributed by atoms with Crippen LogP contribution in [0.2, 0.25) is 0 Å². The maximum absolute atomic E-state index is 13.1. The van der Waals surface area contributed by atoms with Gasteiger partial charge < -0.3 is 5.73 Å². The highest BCUT2D eigenvalue weighted by atomic mass is 19.1. The molecule has 0 saturated heterocycles. The Morgan fingerprint density at radius 1 is 0.950 bits per heavy atom. The lowest BCUT2D eigenvalue weighted by molar-refractivity contribution is 0.461. The molecule has 0 aliphatic heterocycles. The second-order valence-electron chi connectivity index (χ2n) is 5.70. The quantitative estimate of drug-likeness (QED) is 0.903. The number of hydrogen-bond donors (Lipinski definition) is 1. The van der Waals surface area contributed by atoms with Crippen molar-refractivity contribution in [3.8, 4) is 0 Å². The largest absolute Gasteiger partial charge is 0.325 e. The Balaban J connectivity index is 2.12. The molecule has 3 heteroatoms. The molecule has 20 heavy (non-hydrogen) atoms. The Morgan fingerprint density at radius 2 is 1.55 bits per heavy atom. The van der Waals surface area contributed by atoms with E-state index in [2.05, 4.69) is 0 Å². The summed E-state index contributed by atoms with van der Waals surface area (Å²) < 4.78 is 26.0. The Morgan fingerprint density at radius 3 is 2.15 bits per heavy atom. The Bertz CT molecular complexity index is 588. The minimum atomic E-state index is -0.458. The van der Waals surface area contributed by atoms with E-state index in [1.165, 1.54) is 24.3 Å². The molecular weight excluding hydrogens is 256 g/mol. The third-order valence-electron chi connectivity index (χ3n) is 3.42. The Labute approximate surface area is 118 Å². The fourth-order valence-electron chi connectivity index (χ4n) is 2.42. The van der Waals surface area contributed by atoms with E-state index in [9.17, 15) is 8.78 Å². The van der Waals surface area contributed by atoms with Crippen LogP contribution in [0.3, 0.4) is 0 Å². The van der Waals surface area contributed by atoms with E-state index in [1.807, 2.05) is 13.8 Å². The SMILES string of the molecule is Cc1cc(F)ccc1CC(C)(N)Cc1ccc(F)cc1. The van der Waals surface area contributed by atoms with Crippen LogP contribution in [-0.2, 0) is 12.8 Å². The van der Waals surface area contributed by atoms with Gasteiger partial charge in [0.2, 0.25) is 0 Å². The molecule has 2 N–H and O–H groups in total. The van der Waals surface area contributed by atoms with Gasteiger partial charge in [-0.1, -0.05) is 18.2 Å². The smallest absolute Gasteiger partial charge is 0.123 e. The molecule has 1 nitrogen and oxygen atoms in total. The standard InChI is InChI=1S/C17H19F2N/c1-12-9-16(19)8-5-14(12)11-17(2,20)10-13-3-6-15(18)7-4-13/h3-9H,10-11,20H2,1-2H3. The van der Waals surface area contributed by atoms with Crippen molar-refractivity contribution in [2.24, 2.45) is 5.73 Å². The van der Waals surface area contributed by atoms with Gasteiger partial charge in [-0.2, -0.15) is 0 Å². The summed E-state index contributed by atoms with van der Waals surface area (Å²) in [6.45, 7) is 3.84. The Hall–Kier alpha value is -1.74. The number of nitrogens with two attached hydrogens (primary N) is 1. The van der Waals surface area contributed by atoms with Gasteiger partial charge in [-0.15, -0.1) is 0 Å². The van der Waals surface area contributed by atoms with Crippen LogP contribution in [0.25, 0.3) is 0 Å². The molecule has 0 saturated carbocycles. The van der Waals surface area contributed by atoms with Crippen LogP contribution >= 0.6 is 0 Å². The molecule has 0 radical (unpaired) electrons. The molecule has 0 fully saturated rings. The average molecular weight is 275 g/mol. The van der Waals surface area contributed by atoms with Crippen LogP contribution in [0.1, 0.15) is 23.6 Å². The number of aryl methyl sites for hydroxylation is 1. The molecule has 0 amide bonds. The van der Waals surface area contributed by atoms with Crippen LogP contribution in [0.5, 0.6) is 0 Å². The fourth-order valence-corrected chi connectivity index (χ4v) is 2.42. The second kappa shape index (κ2) is 5.71. The van der Waals surface area contributed by atoms with E-state index in [4.69, 9.17) is 5.73 Å². The second-order valence-corrected chi connectivity index (χ2v) is 5.70. The van der Waals surface area contributed by atoms with Crippen molar-refractivity contribution in [3.05, 3.63) is 70.8 Å². The highest BCUT2D eigenvalue weighted by Gasteiger charge is 2.20. The van der Waals surface area contributed by atoms with Crippen molar-refractivity contribution in [3.63, 3.8) is 0 Å². The molecule has 0 heterocycles. The van der Waals surface area contributed by atoms with Gasteiger partial charge in [0.1, 0.15) is 11.6 Å². The highest BCUT2D eigenvalue weighted by molar-refractivity contribution is 5.29. The number of benzene rings is 2. The summed E-state index contributed by atoms with van der Waals surface area (Å²) in [5, 5.41) is 0. The summed E-state index contributed by atoms with van der Waals surface area (Å²) in [4.78, 5) is 0. The first-order chi connectivity index (χ1) is 9.35. The molecule has 2 aromatic carbocycles.